The molecule has 0 amide bonds. The van der Waals surface area contributed by atoms with E-state index >= 15 is 0 Å². The van der Waals surface area contributed by atoms with Crippen LogP contribution in [0.1, 0.15) is 39.5 Å². The van der Waals surface area contributed by atoms with E-state index in [-0.39, 0.29) is 5.54 Å². The van der Waals surface area contributed by atoms with Crippen molar-refractivity contribution in [1.29, 1.82) is 0 Å². The van der Waals surface area contributed by atoms with E-state index in [0.717, 1.165) is 18.6 Å². The Kier molecular flexibility index (Phi) is 4.45. The molecular formula is C14H28N2O. The van der Waals surface area contributed by atoms with Crippen molar-refractivity contribution in [3.63, 3.8) is 0 Å². The van der Waals surface area contributed by atoms with Gasteiger partial charge in [-0.05, 0) is 45.2 Å². The van der Waals surface area contributed by atoms with Gasteiger partial charge in [-0.15, -0.1) is 0 Å². The van der Waals surface area contributed by atoms with Gasteiger partial charge in [-0.25, -0.2) is 0 Å². The molecular weight excluding hydrogens is 212 g/mol. The molecule has 2 saturated heterocycles. The summed E-state index contributed by atoms with van der Waals surface area (Å²) in [5.74, 6) is 0.815. The van der Waals surface area contributed by atoms with Gasteiger partial charge in [-0.2, -0.15) is 0 Å². The summed E-state index contributed by atoms with van der Waals surface area (Å²) in [6.45, 7) is 9.12. The van der Waals surface area contributed by atoms with Crippen molar-refractivity contribution < 1.29 is 4.74 Å². The van der Waals surface area contributed by atoms with Crippen LogP contribution in [0.4, 0.5) is 0 Å². The van der Waals surface area contributed by atoms with E-state index in [4.69, 9.17) is 4.74 Å². The van der Waals surface area contributed by atoms with Crippen molar-refractivity contribution >= 4 is 0 Å². The van der Waals surface area contributed by atoms with Gasteiger partial charge in [0.05, 0.1) is 6.61 Å². The molecule has 2 rings (SSSR count). The van der Waals surface area contributed by atoms with Crippen LogP contribution in [0.25, 0.3) is 0 Å². The molecule has 0 spiro atoms. The second-order valence-electron chi connectivity index (χ2n) is 6.03. The van der Waals surface area contributed by atoms with Gasteiger partial charge in [0.2, 0.25) is 0 Å². The molecule has 0 bridgehead atoms. The molecule has 0 aromatic carbocycles. The van der Waals surface area contributed by atoms with E-state index in [2.05, 4.69) is 24.1 Å². The van der Waals surface area contributed by atoms with Gasteiger partial charge < -0.3 is 15.0 Å². The maximum Gasteiger partial charge on any atom is 0.0641 e. The molecule has 0 radical (unpaired) electrons. The third kappa shape index (κ3) is 3.01. The van der Waals surface area contributed by atoms with Gasteiger partial charge in [-0.3, -0.25) is 0 Å². The van der Waals surface area contributed by atoms with Crippen molar-refractivity contribution in [2.45, 2.75) is 51.1 Å². The predicted molar refractivity (Wildman–Crippen MR) is 71.3 cm³/mol. The number of ether oxygens (including phenoxy) is 1. The third-order valence-electron chi connectivity index (χ3n) is 4.58. The Balaban J connectivity index is 1.94. The molecule has 1 N–H and O–H groups in total. The smallest absolute Gasteiger partial charge is 0.0641 e. The lowest BCUT2D eigenvalue weighted by molar-refractivity contribution is 0.0975. The zero-order chi connectivity index (χ0) is 12.3. The van der Waals surface area contributed by atoms with Gasteiger partial charge >= 0.3 is 0 Å². The molecule has 17 heavy (non-hydrogen) atoms. The van der Waals surface area contributed by atoms with Gasteiger partial charge in [0.1, 0.15) is 0 Å². The van der Waals surface area contributed by atoms with Crippen LogP contribution in [-0.2, 0) is 4.74 Å². The Morgan fingerprint density at radius 2 is 2.24 bits per heavy atom. The van der Waals surface area contributed by atoms with Crippen molar-refractivity contribution in [3.8, 4) is 0 Å². The van der Waals surface area contributed by atoms with E-state index in [1.165, 1.54) is 45.3 Å². The minimum absolute atomic E-state index is 0.205. The van der Waals surface area contributed by atoms with Crippen LogP contribution >= 0.6 is 0 Å². The normalized spacial score (nSPS) is 39.7. The number of methoxy groups -OCH3 is 1. The van der Waals surface area contributed by atoms with E-state index in [1.807, 2.05) is 0 Å². The molecule has 2 fully saturated rings. The molecule has 2 heterocycles. The average Bonchev–Trinajstić information content (AvgIpc) is 2.72. The maximum absolute atomic E-state index is 5.34. The number of piperidine rings is 1. The highest BCUT2D eigenvalue weighted by Gasteiger charge is 2.40. The van der Waals surface area contributed by atoms with Crippen LogP contribution < -0.4 is 5.32 Å². The largest absolute Gasteiger partial charge is 0.383 e. The van der Waals surface area contributed by atoms with E-state index in [0.29, 0.717) is 0 Å². The van der Waals surface area contributed by atoms with Crippen molar-refractivity contribution in [3.05, 3.63) is 0 Å². The lowest BCUT2D eigenvalue weighted by atomic mass is 9.85. The second kappa shape index (κ2) is 5.68. The fourth-order valence-corrected chi connectivity index (χ4v) is 3.74. The minimum atomic E-state index is 0.205. The molecule has 0 aromatic heterocycles. The first-order valence-corrected chi connectivity index (χ1v) is 7.16. The summed E-state index contributed by atoms with van der Waals surface area (Å²) in [6.07, 6.45) is 5.46. The second-order valence-corrected chi connectivity index (χ2v) is 6.03. The van der Waals surface area contributed by atoms with Crippen molar-refractivity contribution in [1.82, 2.24) is 10.2 Å². The number of nitrogens with one attached hydrogen (secondary N) is 1. The number of hydrogen-bond acceptors (Lipinski definition) is 3. The summed E-state index contributed by atoms with van der Waals surface area (Å²) in [7, 11) is 1.80. The van der Waals surface area contributed by atoms with E-state index in [9.17, 15) is 0 Å². The Labute approximate surface area is 106 Å². The minimum Gasteiger partial charge on any atom is -0.383 e. The summed E-state index contributed by atoms with van der Waals surface area (Å²) < 4.78 is 5.34. The molecule has 2 aliphatic rings. The van der Waals surface area contributed by atoms with Crippen LogP contribution in [0.2, 0.25) is 0 Å². The third-order valence-corrected chi connectivity index (χ3v) is 4.58. The lowest BCUT2D eigenvalue weighted by Gasteiger charge is -2.38. The van der Waals surface area contributed by atoms with Crippen LogP contribution in [0.3, 0.4) is 0 Å². The zero-order valence-corrected chi connectivity index (χ0v) is 11.7. The Morgan fingerprint density at radius 1 is 1.41 bits per heavy atom. The summed E-state index contributed by atoms with van der Waals surface area (Å²) in [6, 6.07) is 0.805. The molecule has 100 valence electrons. The fourth-order valence-electron chi connectivity index (χ4n) is 3.74. The van der Waals surface area contributed by atoms with Crippen molar-refractivity contribution in [2.24, 2.45) is 5.92 Å². The molecule has 0 aliphatic carbocycles. The Bertz CT molecular complexity index is 246. The highest BCUT2D eigenvalue weighted by Crippen LogP contribution is 2.32. The van der Waals surface area contributed by atoms with Gasteiger partial charge in [0.15, 0.2) is 0 Å². The Morgan fingerprint density at radius 3 is 2.94 bits per heavy atom. The van der Waals surface area contributed by atoms with Crippen LogP contribution in [0.15, 0.2) is 0 Å². The number of rotatable bonds is 4. The maximum atomic E-state index is 5.34. The average molecular weight is 240 g/mol. The zero-order valence-electron chi connectivity index (χ0n) is 11.7. The standard InChI is InChI=1S/C14H28N2O/c1-4-16-8-6-5-7-13(16)12-9-14(2,11-17-3)15-10-12/h12-13,15H,4-11H2,1-3H3. The SMILES string of the molecule is CCN1CCCCC1C1CNC(C)(COC)C1. The van der Waals surface area contributed by atoms with E-state index < -0.39 is 0 Å². The summed E-state index contributed by atoms with van der Waals surface area (Å²) in [4.78, 5) is 2.69. The monoisotopic (exact) mass is 240 g/mol. The number of hydrogen-bond donors (Lipinski definition) is 1. The molecule has 3 nitrogen and oxygen atoms in total. The molecule has 2 aliphatic heterocycles. The van der Waals surface area contributed by atoms with Crippen LogP contribution in [-0.4, -0.2) is 49.8 Å². The molecule has 0 saturated carbocycles. The Hall–Kier alpha value is -0.120. The fraction of sp³-hybridized carbons (Fsp3) is 1.00. The molecule has 0 aromatic rings. The summed E-state index contributed by atoms with van der Waals surface area (Å²) in [5, 5.41) is 3.67. The summed E-state index contributed by atoms with van der Waals surface area (Å²) >= 11 is 0. The van der Waals surface area contributed by atoms with Gasteiger partial charge in [0.25, 0.3) is 0 Å². The van der Waals surface area contributed by atoms with Gasteiger partial charge in [-0.1, -0.05) is 13.3 Å². The van der Waals surface area contributed by atoms with Crippen LogP contribution in [0, 0.1) is 5.92 Å². The predicted octanol–water partition coefficient (Wildman–Crippen LogP) is 1.88. The highest BCUT2D eigenvalue weighted by atomic mass is 16.5. The highest BCUT2D eigenvalue weighted by molar-refractivity contribution is 4.98. The first-order valence-electron chi connectivity index (χ1n) is 7.16. The topological polar surface area (TPSA) is 24.5 Å². The first kappa shape index (κ1) is 13.3. The number of nitrogens with zero attached hydrogens (tertiary/aromatic N) is 1. The van der Waals surface area contributed by atoms with Gasteiger partial charge in [0, 0.05) is 25.2 Å². The molecule has 3 unspecified atom stereocenters. The lowest BCUT2D eigenvalue weighted by Crippen LogP contribution is -2.44. The van der Waals surface area contributed by atoms with Crippen LogP contribution in [0.5, 0.6) is 0 Å². The quantitative estimate of drug-likeness (QED) is 0.812. The van der Waals surface area contributed by atoms with E-state index in [1.54, 1.807) is 7.11 Å². The first-order chi connectivity index (χ1) is 8.18. The number of likely N-dealkylation sites (tertiary alicyclic amines) is 1. The van der Waals surface area contributed by atoms with Crippen molar-refractivity contribution in [2.75, 3.05) is 33.4 Å². The summed E-state index contributed by atoms with van der Waals surface area (Å²) in [5.41, 5.74) is 0.205. The molecule has 3 atom stereocenters. The molecule has 3 heteroatoms.